The van der Waals surface area contributed by atoms with Gasteiger partial charge in [0.1, 0.15) is 17.4 Å². The van der Waals surface area contributed by atoms with Crippen LogP contribution in [-0.4, -0.2) is 29.9 Å². The summed E-state index contributed by atoms with van der Waals surface area (Å²) in [5.74, 6) is 0.244. The van der Waals surface area contributed by atoms with Crippen molar-refractivity contribution in [2.45, 2.75) is 16.0 Å². The van der Waals surface area contributed by atoms with Crippen LogP contribution in [-0.2, 0) is 20.4 Å². The van der Waals surface area contributed by atoms with Gasteiger partial charge in [0.2, 0.25) is 15.0 Å². The van der Waals surface area contributed by atoms with E-state index in [9.17, 15) is 18.5 Å². The van der Waals surface area contributed by atoms with Gasteiger partial charge in [-0.25, -0.2) is 8.42 Å². The molecule has 3 aromatic rings. The van der Waals surface area contributed by atoms with Gasteiger partial charge in [-0.15, -0.1) is 0 Å². The van der Waals surface area contributed by atoms with E-state index in [2.05, 4.69) is 14.7 Å². The monoisotopic (exact) mass is 480 g/mol. The molecule has 154 valence electrons. The number of rotatable bonds is 7. The van der Waals surface area contributed by atoms with Crippen molar-refractivity contribution in [3.05, 3.63) is 58.3 Å². The molecule has 0 saturated carbocycles. The first-order chi connectivity index (χ1) is 14.2. The Morgan fingerprint density at radius 2 is 2.07 bits per heavy atom. The number of benzene rings is 1. The molecule has 3 rings (SSSR count). The summed E-state index contributed by atoms with van der Waals surface area (Å²) in [7, 11) is -3.58. The number of nitriles is 1. The fourth-order valence-electron chi connectivity index (χ4n) is 2.09. The molecule has 12 heteroatoms. The summed E-state index contributed by atoms with van der Waals surface area (Å²) >= 11 is 8.03. The molecule has 8 nitrogen and oxygen atoms in total. The van der Waals surface area contributed by atoms with E-state index in [-0.39, 0.29) is 10.7 Å². The van der Waals surface area contributed by atoms with Gasteiger partial charge in [-0.1, -0.05) is 35.5 Å². The molecule has 0 aliphatic carbocycles. The maximum Gasteiger partial charge on any atom is 0.268 e. The summed E-state index contributed by atoms with van der Waals surface area (Å²) in [5, 5.41) is 12.5. The van der Waals surface area contributed by atoms with Crippen molar-refractivity contribution >= 4 is 61.8 Å². The lowest BCUT2D eigenvalue weighted by molar-refractivity contribution is -0.112. The van der Waals surface area contributed by atoms with Gasteiger partial charge in [0.15, 0.2) is 5.09 Å². The Kier molecular flexibility index (Phi) is 6.94. The number of carbonyl (C=O) groups excluding carboxylic acids is 1. The Labute approximate surface area is 185 Å². The third-order valence-electron chi connectivity index (χ3n) is 3.51. The molecular weight excluding hydrogens is 468 g/mol. The molecule has 0 spiro atoms. The maximum atomic E-state index is 12.3. The van der Waals surface area contributed by atoms with E-state index in [1.807, 2.05) is 24.3 Å². The van der Waals surface area contributed by atoms with Crippen LogP contribution in [0.5, 0.6) is 0 Å². The number of amides is 1. The van der Waals surface area contributed by atoms with E-state index in [1.54, 1.807) is 18.2 Å². The zero-order chi connectivity index (χ0) is 21.7. The van der Waals surface area contributed by atoms with Crippen molar-refractivity contribution < 1.29 is 17.6 Å². The smallest absolute Gasteiger partial charge is 0.268 e. The molecule has 0 radical (unpaired) electrons. The molecule has 30 heavy (non-hydrogen) atoms. The van der Waals surface area contributed by atoms with Crippen LogP contribution < -0.4 is 5.32 Å². The molecule has 1 aromatic carbocycles. The predicted octanol–water partition coefficient (Wildman–Crippen LogP) is 4.03. The highest BCUT2D eigenvalue weighted by atomic mass is 35.5. The van der Waals surface area contributed by atoms with Crippen molar-refractivity contribution in [3.8, 4) is 6.07 Å². The summed E-state index contributed by atoms with van der Waals surface area (Å²) in [5.41, 5.74) is 0.843. The minimum absolute atomic E-state index is 0.0276. The number of hydrogen-bond donors (Lipinski definition) is 1. The van der Waals surface area contributed by atoms with Crippen molar-refractivity contribution in [3.63, 3.8) is 0 Å². The summed E-state index contributed by atoms with van der Waals surface area (Å²) in [4.78, 5) is 16.0. The third kappa shape index (κ3) is 5.93. The standard InChI is InChI=1S/C18H13ClN4O4S3/c1-30(25,26)18-22-17(29-23-18)21-16(24)12(9-20)8-14-6-7-15(27-14)28-10-11-2-4-13(19)5-3-11/h2-8H,10H2,1H3,(H,21,22,23,24)/b12-8-. The van der Waals surface area contributed by atoms with Crippen LogP contribution in [0.1, 0.15) is 11.3 Å². The Morgan fingerprint density at radius 3 is 2.70 bits per heavy atom. The lowest BCUT2D eigenvalue weighted by atomic mass is 10.2. The molecule has 0 fully saturated rings. The van der Waals surface area contributed by atoms with Gasteiger partial charge in [-0.3, -0.25) is 10.1 Å². The zero-order valence-corrected chi connectivity index (χ0v) is 18.5. The van der Waals surface area contributed by atoms with E-state index in [0.717, 1.165) is 11.8 Å². The highest BCUT2D eigenvalue weighted by Gasteiger charge is 2.18. The molecule has 1 amide bonds. The quantitative estimate of drug-likeness (QED) is 0.305. The second kappa shape index (κ2) is 9.44. The Hall–Kier alpha value is -2.65. The van der Waals surface area contributed by atoms with Gasteiger partial charge in [-0.2, -0.15) is 14.6 Å². The average Bonchev–Trinajstić information content (AvgIpc) is 3.35. The Bertz CT molecular complexity index is 1240. The number of furan rings is 1. The van der Waals surface area contributed by atoms with Crippen LogP contribution in [0.3, 0.4) is 0 Å². The van der Waals surface area contributed by atoms with Crippen LogP contribution in [0.15, 0.2) is 56.6 Å². The molecule has 2 aromatic heterocycles. The van der Waals surface area contributed by atoms with Crippen LogP contribution in [0, 0.1) is 11.3 Å². The first-order valence-corrected chi connectivity index (χ1v) is 12.2. The molecule has 0 bridgehead atoms. The van der Waals surface area contributed by atoms with Gasteiger partial charge < -0.3 is 4.42 Å². The van der Waals surface area contributed by atoms with E-state index in [4.69, 9.17) is 16.0 Å². The summed E-state index contributed by atoms with van der Waals surface area (Å²) in [6.45, 7) is 0. The van der Waals surface area contributed by atoms with Gasteiger partial charge in [0.05, 0.1) is 0 Å². The number of anilines is 1. The molecule has 2 heterocycles. The lowest BCUT2D eigenvalue weighted by Gasteiger charge is -2.00. The predicted molar refractivity (Wildman–Crippen MR) is 115 cm³/mol. The highest BCUT2D eigenvalue weighted by Crippen LogP contribution is 2.26. The van der Waals surface area contributed by atoms with Crippen LogP contribution >= 0.6 is 34.9 Å². The third-order valence-corrected chi connectivity index (χ3v) is 6.33. The topological polar surface area (TPSA) is 126 Å². The molecule has 1 N–H and O–H groups in total. The van der Waals surface area contributed by atoms with Gasteiger partial charge in [0, 0.05) is 34.6 Å². The molecule has 0 aliphatic rings. The number of carbonyl (C=O) groups is 1. The fourth-order valence-corrected chi connectivity index (χ4v) is 4.48. The van der Waals surface area contributed by atoms with Crippen molar-refractivity contribution in [1.82, 2.24) is 9.36 Å². The number of sulfone groups is 1. The fraction of sp³-hybridized carbons (Fsp3) is 0.111. The SMILES string of the molecule is CS(=O)(=O)c1nsc(NC(=O)/C(C#N)=C\c2ccc(SCc3ccc(Cl)cc3)o2)n1. The number of nitrogens with one attached hydrogen (secondary N) is 1. The van der Waals surface area contributed by atoms with Crippen LogP contribution in [0.2, 0.25) is 5.02 Å². The molecule has 0 aliphatic heterocycles. The minimum Gasteiger partial charge on any atom is -0.450 e. The second-order valence-electron chi connectivity index (χ2n) is 5.85. The van der Waals surface area contributed by atoms with E-state index < -0.39 is 20.9 Å². The van der Waals surface area contributed by atoms with Gasteiger partial charge >= 0.3 is 0 Å². The summed E-state index contributed by atoms with van der Waals surface area (Å²) in [6, 6.07) is 12.6. The molecule has 0 atom stereocenters. The Morgan fingerprint density at radius 1 is 1.33 bits per heavy atom. The van der Waals surface area contributed by atoms with Gasteiger partial charge in [0.25, 0.3) is 11.1 Å². The Balaban J connectivity index is 1.65. The number of thioether (sulfide) groups is 1. The van der Waals surface area contributed by atoms with Crippen molar-refractivity contribution in [1.29, 1.82) is 5.26 Å². The average molecular weight is 481 g/mol. The minimum atomic E-state index is -3.58. The van der Waals surface area contributed by atoms with E-state index in [1.165, 1.54) is 17.8 Å². The zero-order valence-electron chi connectivity index (χ0n) is 15.3. The van der Waals surface area contributed by atoms with Crippen molar-refractivity contribution in [2.75, 3.05) is 11.6 Å². The first-order valence-electron chi connectivity index (χ1n) is 8.18. The van der Waals surface area contributed by atoms with Crippen LogP contribution in [0.4, 0.5) is 5.13 Å². The number of halogens is 1. The van der Waals surface area contributed by atoms with Gasteiger partial charge in [-0.05, 0) is 29.8 Å². The van der Waals surface area contributed by atoms with Crippen molar-refractivity contribution in [2.24, 2.45) is 0 Å². The summed E-state index contributed by atoms with van der Waals surface area (Å²) in [6.07, 6.45) is 2.25. The number of nitrogens with zero attached hydrogens (tertiary/aromatic N) is 3. The molecular formula is C18H13ClN4O4S3. The highest BCUT2D eigenvalue weighted by molar-refractivity contribution is 7.98. The first kappa shape index (κ1) is 22.0. The second-order valence-corrected chi connectivity index (χ2v) is 9.93. The van der Waals surface area contributed by atoms with Crippen LogP contribution in [0.25, 0.3) is 6.08 Å². The lowest BCUT2D eigenvalue weighted by Crippen LogP contribution is -2.13. The summed E-state index contributed by atoms with van der Waals surface area (Å²) < 4.78 is 32.1. The van der Waals surface area contributed by atoms with E-state index >= 15 is 0 Å². The van der Waals surface area contributed by atoms with E-state index in [0.29, 0.717) is 33.2 Å². The number of hydrogen-bond acceptors (Lipinski definition) is 9. The number of aromatic nitrogens is 2. The normalized spacial score (nSPS) is 11.8. The molecule has 0 saturated heterocycles. The largest absolute Gasteiger partial charge is 0.450 e. The molecule has 0 unspecified atom stereocenters. The maximum absolute atomic E-state index is 12.3.